The summed E-state index contributed by atoms with van der Waals surface area (Å²) in [5.41, 5.74) is 7.54. The third-order valence-corrected chi connectivity index (χ3v) is 4.94. The lowest BCUT2D eigenvalue weighted by molar-refractivity contribution is 0.277. The van der Waals surface area contributed by atoms with E-state index in [-0.39, 0.29) is 18.0 Å². The maximum atomic E-state index is 12.5. The Labute approximate surface area is 187 Å². The van der Waals surface area contributed by atoms with Crippen LogP contribution in [0, 0.1) is 11.8 Å². The molecule has 0 fully saturated rings. The highest BCUT2D eigenvalue weighted by Gasteiger charge is 2.15. The number of nitrogens with two attached hydrogens (primary N) is 1. The number of nitrogen functional groups attached to an aromatic ring is 1. The van der Waals surface area contributed by atoms with Crippen molar-refractivity contribution in [1.29, 1.82) is 0 Å². The van der Waals surface area contributed by atoms with E-state index >= 15 is 0 Å². The zero-order valence-corrected chi connectivity index (χ0v) is 17.7. The first-order chi connectivity index (χ1) is 15.5. The molecule has 1 atom stereocenters. The minimum absolute atomic E-state index is 0.182. The van der Waals surface area contributed by atoms with Crippen LogP contribution >= 0.6 is 11.6 Å². The maximum Gasteiger partial charge on any atom is 0.260 e. The number of aliphatic hydroxyl groups excluding tert-OH is 1. The van der Waals surface area contributed by atoms with E-state index in [1.807, 2.05) is 6.92 Å². The highest BCUT2D eigenvalue weighted by Crippen LogP contribution is 2.23. The number of hydrogen-bond acceptors (Lipinski definition) is 8. The zero-order valence-electron chi connectivity index (χ0n) is 16.9. The van der Waals surface area contributed by atoms with Crippen LogP contribution in [0.3, 0.4) is 0 Å². The van der Waals surface area contributed by atoms with Crippen LogP contribution in [0.5, 0.6) is 0 Å². The Kier molecular flexibility index (Phi) is 5.98. The molecular formula is C22H18ClN7O2. The molecule has 32 heavy (non-hydrogen) atoms. The van der Waals surface area contributed by atoms with Gasteiger partial charge in [-0.05, 0) is 37.1 Å². The van der Waals surface area contributed by atoms with Gasteiger partial charge in [-0.2, -0.15) is 0 Å². The number of hydrogen-bond donors (Lipinski definition) is 4. The first-order valence-corrected chi connectivity index (χ1v) is 9.98. The molecule has 0 aliphatic carbocycles. The van der Waals surface area contributed by atoms with Crippen molar-refractivity contribution in [3.05, 3.63) is 80.9 Å². The number of H-pyrrole nitrogens is 1. The number of aromatic amines is 1. The van der Waals surface area contributed by atoms with E-state index in [4.69, 9.17) is 17.3 Å². The van der Waals surface area contributed by atoms with Crippen LogP contribution in [0.2, 0.25) is 5.02 Å². The fraction of sp³-hybridized carbons (Fsp3) is 0.136. The molecule has 3 aromatic heterocycles. The van der Waals surface area contributed by atoms with Gasteiger partial charge in [-0.1, -0.05) is 29.7 Å². The number of rotatable bonds is 4. The van der Waals surface area contributed by atoms with E-state index < -0.39 is 6.04 Å². The normalized spacial score (nSPS) is 11.6. The van der Waals surface area contributed by atoms with Crippen molar-refractivity contribution in [2.45, 2.75) is 19.6 Å². The summed E-state index contributed by atoms with van der Waals surface area (Å²) in [5, 5.41) is 13.1. The highest BCUT2D eigenvalue weighted by atomic mass is 35.5. The monoisotopic (exact) mass is 447 g/mol. The number of fused-ring (bicyclic) bond motifs is 1. The van der Waals surface area contributed by atoms with Crippen LogP contribution in [-0.2, 0) is 6.61 Å². The van der Waals surface area contributed by atoms with Crippen molar-refractivity contribution in [1.82, 2.24) is 24.9 Å². The molecule has 5 N–H and O–H groups in total. The summed E-state index contributed by atoms with van der Waals surface area (Å²) >= 11 is 6.13. The van der Waals surface area contributed by atoms with Gasteiger partial charge >= 0.3 is 0 Å². The average Bonchev–Trinajstić information content (AvgIpc) is 2.78. The second kappa shape index (κ2) is 9.01. The molecule has 0 aliphatic heterocycles. The smallest absolute Gasteiger partial charge is 0.260 e. The number of halogens is 1. The summed E-state index contributed by atoms with van der Waals surface area (Å²) in [7, 11) is 0. The van der Waals surface area contributed by atoms with Gasteiger partial charge < -0.3 is 21.1 Å². The van der Waals surface area contributed by atoms with Crippen molar-refractivity contribution >= 4 is 34.1 Å². The van der Waals surface area contributed by atoms with Gasteiger partial charge in [0.25, 0.3) is 5.56 Å². The third kappa shape index (κ3) is 4.37. The molecule has 3 heterocycles. The Morgan fingerprint density at radius 2 is 2.00 bits per heavy atom. The van der Waals surface area contributed by atoms with E-state index in [0.717, 1.165) is 0 Å². The largest absolute Gasteiger partial charge is 0.390 e. The minimum atomic E-state index is -0.434. The number of pyridine rings is 1. The van der Waals surface area contributed by atoms with Crippen molar-refractivity contribution in [3.8, 4) is 11.8 Å². The van der Waals surface area contributed by atoms with Gasteiger partial charge in [0.05, 0.1) is 34.3 Å². The Balaban J connectivity index is 1.67. The Bertz CT molecular complexity index is 1430. The molecule has 4 rings (SSSR count). The molecular weight excluding hydrogens is 430 g/mol. The molecule has 1 unspecified atom stereocenters. The van der Waals surface area contributed by atoms with Gasteiger partial charge in [0.1, 0.15) is 35.0 Å². The molecule has 0 spiro atoms. The predicted octanol–water partition coefficient (Wildman–Crippen LogP) is 2.41. The van der Waals surface area contributed by atoms with E-state index in [2.05, 4.69) is 42.1 Å². The van der Waals surface area contributed by atoms with Crippen LogP contribution in [0.1, 0.15) is 35.7 Å². The number of nitrogens with one attached hydrogen (secondary N) is 2. The zero-order chi connectivity index (χ0) is 22.7. The molecule has 0 saturated heterocycles. The van der Waals surface area contributed by atoms with Crippen molar-refractivity contribution in [3.63, 3.8) is 0 Å². The van der Waals surface area contributed by atoms with E-state index in [9.17, 15) is 9.90 Å². The Hall–Kier alpha value is -4.00. The SMILES string of the molecule is CC(Nc1ncnc(N)c1C#Cc1cccc(CO)n1)c1nc2cccc(Cl)c2c(=O)[nH]1. The second-order valence-corrected chi connectivity index (χ2v) is 7.26. The van der Waals surface area contributed by atoms with Gasteiger partial charge in [-0.15, -0.1) is 0 Å². The maximum absolute atomic E-state index is 12.5. The summed E-state index contributed by atoms with van der Waals surface area (Å²) < 4.78 is 0. The fourth-order valence-corrected chi connectivity index (χ4v) is 3.30. The third-order valence-electron chi connectivity index (χ3n) is 4.63. The molecule has 0 bridgehead atoms. The van der Waals surface area contributed by atoms with E-state index in [1.165, 1.54) is 6.33 Å². The number of benzene rings is 1. The average molecular weight is 448 g/mol. The summed E-state index contributed by atoms with van der Waals surface area (Å²) in [6.45, 7) is 1.63. The molecule has 0 saturated carbocycles. The molecule has 0 amide bonds. The first-order valence-electron chi connectivity index (χ1n) is 9.60. The molecule has 4 aromatic rings. The molecule has 9 nitrogen and oxygen atoms in total. The number of anilines is 2. The molecule has 160 valence electrons. The first kappa shape index (κ1) is 21.2. The lowest BCUT2D eigenvalue weighted by Crippen LogP contribution is -2.19. The second-order valence-electron chi connectivity index (χ2n) is 6.86. The lowest BCUT2D eigenvalue weighted by Gasteiger charge is -2.16. The summed E-state index contributed by atoms with van der Waals surface area (Å²) in [6.07, 6.45) is 1.32. The lowest BCUT2D eigenvalue weighted by atomic mass is 10.2. The van der Waals surface area contributed by atoms with Crippen LogP contribution < -0.4 is 16.6 Å². The van der Waals surface area contributed by atoms with Gasteiger partial charge in [0.2, 0.25) is 0 Å². The summed E-state index contributed by atoms with van der Waals surface area (Å²) in [6, 6.07) is 9.83. The van der Waals surface area contributed by atoms with Gasteiger partial charge in [-0.25, -0.2) is 19.9 Å². The molecule has 0 aliphatic rings. The van der Waals surface area contributed by atoms with Gasteiger partial charge in [0.15, 0.2) is 0 Å². The van der Waals surface area contributed by atoms with Crippen LogP contribution in [0.25, 0.3) is 10.9 Å². The Morgan fingerprint density at radius 1 is 1.19 bits per heavy atom. The van der Waals surface area contributed by atoms with Crippen LogP contribution in [0.15, 0.2) is 47.5 Å². The summed E-state index contributed by atoms with van der Waals surface area (Å²) in [4.78, 5) is 32.3. The van der Waals surface area contributed by atoms with Crippen LogP contribution in [0.4, 0.5) is 11.6 Å². The van der Waals surface area contributed by atoms with Crippen molar-refractivity contribution in [2.75, 3.05) is 11.1 Å². The van der Waals surface area contributed by atoms with E-state index in [1.54, 1.807) is 36.4 Å². The Morgan fingerprint density at radius 3 is 2.81 bits per heavy atom. The van der Waals surface area contributed by atoms with Gasteiger partial charge in [-0.3, -0.25) is 4.79 Å². The summed E-state index contributed by atoms with van der Waals surface area (Å²) in [5.74, 6) is 6.81. The van der Waals surface area contributed by atoms with E-state index in [0.29, 0.717) is 44.5 Å². The molecule has 0 radical (unpaired) electrons. The topological polar surface area (TPSA) is 143 Å². The molecule has 1 aromatic carbocycles. The molecule has 10 heteroatoms. The number of aromatic nitrogens is 5. The van der Waals surface area contributed by atoms with Crippen molar-refractivity contribution < 1.29 is 5.11 Å². The number of nitrogens with zero attached hydrogens (tertiary/aromatic N) is 4. The highest BCUT2D eigenvalue weighted by molar-refractivity contribution is 6.35. The number of aliphatic hydroxyl groups is 1. The standard InChI is InChI=1S/C22H18ClN7O2/c1-12(20-29-17-7-3-6-16(23)18(17)22(32)30-20)27-21-15(19(24)25-11-26-21)9-8-13-4-2-5-14(10-31)28-13/h2-7,11-12,31H,10H2,1H3,(H,29,30,32)(H3,24,25,26,27). The van der Waals surface area contributed by atoms with Crippen LogP contribution in [-0.4, -0.2) is 30.0 Å². The minimum Gasteiger partial charge on any atom is -0.390 e. The van der Waals surface area contributed by atoms with Gasteiger partial charge in [0, 0.05) is 0 Å². The van der Waals surface area contributed by atoms with Crippen molar-refractivity contribution in [2.24, 2.45) is 0 Å². The predicted molar refractivity (Wildman–Crippen MR) is 122 cm³/mol. The fourth-order valence-electron chi connectivity index (χ4n) is 3.04. The quantitative estimate of drug-likeness (QED) is 0.349.